The maximum Gasteiger partial charge on any atom is 0.259 e. The number of phenols is 1. The topological polar surface area (TPSA) is 121 Å². The van der Waals surface area contributed by atoms with Crippen molar-refractivity contribution >= 4 is 17.4 Å². The standard InChI is InChI=1S/C16H13N5O3/c1-9(22)10-6-4-7-12(14(10)23)16(24)17-13-8-3-2-5-11(13)15-18-20-21-19-15/h2-8,23H,1H3,(H,17,24)(H,18,19,20,21). The van der Waals surface area contributed by atoms with Crippen molar-refractivity contribution in [3.8, 4) is 17.1 Å². The second kappa shape index (κ2) is 6.29. The second-order valence-corrected chi connectivity index (χ2v) is 5.01. The summed E-state index contributed by atoms with van der Waals surface area (Å²) >= 11 is 0. The van der Waals surface area contributed by atoms with Gasteiger partial charge in [0.15, 0.2) is 11.6 Å². The third-order valence-corrected chi connectivity index (χ3v) is 3.44. The number of tetrazole rings is 1. The molecule has 0 saturated carbocycles. The molecule has 0 unspecified atom stereocenters. The van der Waals surface area contributed by atoms with Crippen LogP contribution in [0.5, 0.6) is 5.75 Å². The molecule has 1 amide bonds. The van der Waals surface area contributed by atoms with Gasteiger partial charge in [0, 0.05) is 5.56 Å². The van der Waals surface area contributed by atoms with E-state index in [1.807, 2.05) is 0 Å². The number of aromatic amines is 1. The molecule has 1 heterocycles. The summed E-state index contributed by atoms with van der Waals surface area (Å²) in [4.78, 5) is 24.0. The Bertz CT molecular complexity index is 906. The lowest BCUT2D eigenvalue weighted by Gasteiger charge is -2.11. The van der Waals surface area contributed by atoms with Gasteiger partial charge in [-0.2, -0.15) is 0 Å². The van der Waals surface area contributed by atoms with Gasteiger partial charge in [-0.15, -0.1) is 5.10 Å². The Balaban J connectivity index is 1.95. The fraction of sp³-hybridized carbons (Fsp3) is 0.0625. The predicted molar refractivity (Wildman–Crippen MR) is 85.7 cm³/mol. The van der Waals surface area contributed by atoms with E-state index in [0.717, 1.165) is 0 Å². The molecule has 3 N–H and O–H groups in total. The number of nitrogens with zero attached hydrogens (tertiary/aromatic N) is 3. The highest BCUT2D eigenvalue weighted by atomic mass is 16.3. The average molecular weight is 323 g/mol. The summed E-state index contributed by atoms with van der Waals surface area (Å²) < 4.78 is 0. The fourth-order valence-electron chi connectivity index (χ4n) is 2.27. The minimum absolute atomic E-state index is 0.00759. The zero-order valence-electron chi connectivity index (χ0n) is 12.6. The number of carbonyl (C=O) groups is 2. The molecule has 0 aliphatic rings. The lowest BCUT2D eigenvalue weighted by Crippen LogP contribution is -2.14. The quantitative estimate of drug-likeness (QED) is 0.632. The highest BCUT2D eigenvalue weighted by Gasteiger charge is 2.18. The number of benzene rings is 2. The zero-order valence-corrected chi connectivity index (χ0v) is 12.6. The minimum Gasteiger partial charge on any atom is -0.506 e. The first-order valence-electron chi connectivity index (χ1n) is 7.05. The average Bonchev–Trinajstić information content (AvgIpc) is 3.09. The van der Waals surface area contributed by atoms with Gasteiger partial charge >= 0.3 is 0 Å². The van der Waals surface area contributed by atoms with Gasteiger partial charge in [0.05, 0.1) is 16.8 Å². The van der Waals surface area contributed by atoms with Crippen LogP contribution in [-0.2, 0) is 0 Å². The van der Waals surface area contributed by atoms with Gasteiger partial charge in [-0.1, -0.05) is 18.2 Å². The number of H-pyrrole nitrogens is 1. The number of carbonyl (C=O) groups excluding carboxylic acids is 2. The first-order valence-corrected chi connectivity index (χ1v) is 7.05. The van der Waals surface area contributed by atoms with Gasteiger partial charge in [-0.05, 0) is 41.6 Å². The van der Waals surface area contributed by atoms with Gasteiger partial charge in [0.2, 0.25) is 0 Å². The van der Waals surface area contributed by atoms with E-state index in [4.69, 9.17) is 0 Å². The van der Waals surface area contributed by atoms with Gasteiger partial charge < -0.3 is 10.4 Å². The van der Waals surface area contributed by atoms with Crippen molar-refractivity contribution in [3.63, 3.8) is 0 Å². The maximum absolute atomic E-state index is 12.5. The van der Waals surface area contributed by atoms with Gasteiger partial charge in [0.1, 0.15) is 5.75 Å². The van der Waals surface area contributed by atoms with Crippen molar-refractivity contribution in [1.82, 2.24) is 20.6 Å². The maximum atomic E-state index is 12.5. The second-order valence-electron chi connectivity index (χ2n) is 5.01. The third kappa shape index (κ3) is 2.84. The van der Waals surface area contributed by atoms with Crippen LogP contribution in [0.2, 0.25) is 0 Å². The van der Waals surface area contributed by atoms with Crippen molar-refractivity contribution < 1.29 is 14.7 Å². The Hall–Kier alpha value is -3.55. The van der Waals surface area contributed by atoms with Crippen LogP contribution in [-0.4, -0.2) is 37.4 Å². The van der Waals surface area contributed by atoms with E-state index >= 15 is 0 Å². The van der Waals surface area contributed by atoms with Crippen LogP contribution in [0, 0.1) is 0 Å². The van der Waals surface area contributed by atoms with E-state index in [1.54, 1.807) is 24.3 Å². The molecular weight excluding hydrogens is 310 g/mol. The molecule has 2 aromatic carbocycles. The molecule has 0 radical (unpaired) electrons. The van der Waals surface area contributed by atoms with Crippen LogP contribution in [0.3, 0.4) is 0 Å². The molecule has 3 aromatic rings. The molecule has 24 heavy (non-hydrogen) atoms. The van der Waals surface area contributed by atoms with Crippen molar-refractivity contribution in [2.75, 3.05) is 5.32 Å². The number of aromatic nitrogens is 4. The smallest absolute Gasteiger partial charge is 0.259 e. The summed E-state index contributed by atoms with van der Waals surface area (Å²) in [7, 11) is 0. The number of amides is 1. The van der Waals surface area contributed by atoms with E-state index in [2.05, 4.69) is 25.9 Å². The van der Waals surface area contributed by atoms with Crippen molar-refractivity contribution in [2.45, 2.75) is 6.92 Å². The largest absolute Gasteiger partial charge is 0.506 e. The zero-order chi connectivity index (χ0) is 17.1. The van der Waals surface area contributed by atoms with Crippen molar-refractivity contribution in [1.29, 1.82) is 0 Å². The summed E-state index contributed by atoms with van der Waals surface area (Å²) in [6.07, 6.45) is 0. The first kappa shape index (κ1) is 15.3. The number of hydrogen-bond acceptors (Lipinski definition) is 6. The number of rotatable bonds is 4. The summed E-state index contributed by atoms with van der Waals surface area (Å²) in [6, 6.07) is 11.4. The number of hydrogen-bond donors (Lipinski definition) is 3. The summed E-state index contributed by atoms with van der Waals surface area (Å²) in [5, 5.41) is 26.3. The number of Topliss-reactive ketones (excluding diaryl/α,β-unsaturated/α-hetero) is 1. The van der Waals surface area contributed by atoms with E-state index in [1.165, 1.54) is 25.1 Å². The minimum atomic E-state index is -0.546. The van der Waals surface area contributed by atoms with Crippen LogP contribution in [0.25, 0.3) is 11.4 Å². The summed E-state index contributed by atoms with van der Waals surface area (Å²) in [6.45, 7) is 1.32. The normalized spacial score (nSPS) is 10.4. The number of aromatic hydroxyl groups is 1. The highest BCUT2D eigenvalue weighted by molar-refractivity contribution is 6.10. The van der Waals surface area contributed by atoms with Crippen LogP contribution in [0.1, 0.15) is 27.6 Å². The molecule has 0 spiro atoms. The van der Waals surface area contributed by atoms with E-state index < -0.39 is 5.91 Å². The van der Waals surface area contributed by atoms with Crippen molar-refractivity contribution in [3.05, 3.63) is 53.6 Å². The Morgan fingerprint density at radius 2 is 1.83 bits per heavy atom. The Morgan fingerprint density at radius 1 is 1.08 bits per heavy atom. The molecule has 0 saturated heterocycles. The molecule has 8 heteroatoms. The summed E-state index contributed by atoms with van der Waals surface area (Å²) in [5.74, 6) is -0.820. The fourth-order valence-corrected chi connectivity index (χ4v) is 2.27. The monoisotopic (exact) mass is 323 g/mol. The van der Waals surface area contributed by atoms with E-state index in [0.29, 0.717) is 17.1 Å². The van der Waals surface area contributed by atoms with Crippen LogP contribution in [0.15, 0.2) is 42.5 Å². The van der Waals surface area contributed by atoms with Crippen LogP contribution < -0.4 is 5.32 Å². The Kier molecular flexibility index (Phi) is 4.02. The number of phenolic OH excluding ortho intramolecular Hbond substituents is 1. The Labute approximate surface area is 136 Å². The molecule has 0 aliphatic heterocycles. The van der Waals surface area contributed by atoms with Crippen LogP contribution in [0.4, 0.5) is 5.69 Å². The van der Waals surface area contributed by atoms with Gasteiger partial charge in [0.25, 0.3) is 5.91 Å². The summed E-state index contributed by atoms with van der Waals surface area (Å²) in [5.41, 5.74) is 1.16. The highest BCUT2D eigenvalue weighted by Crippen LogP contribution is 2.27. The first-order chi connectivity index (χ1) is 11.6. The number of nitrogens with one attached hydrogen (secondary N) is 2. The molecule has 0 fully saturated rings. The van der Waals surface area contributed by atoms with E-state index in [9.17, 15) is 14.7 Å². The number of para-hydroxylation sites is 2. The molecule has 120 valence electrons. The lowest BCUT2D eigenvalue weighted by atomic mass is 10.0. The van der Waals surface area contributed by atoms with Crippen LogP contribution >= 0.6 is 0 Å². The number of ketones is 1. The molecule has 0 atom stereocenters. The van der Waals surface area contributed by atoms with Gasteiger partial charge in [-0.25, -0.2) is 5.10 Å². The SMILES string of the molecule is CC(=O)c1cccc(C(=O)Nc2ccccc2-c2nnn[nH]2)c1O. The van der Waals surface area contributed by atoms with E-state index in [-0.39, 0.29) is 22.7 Å². The van der Waals surface area contributed by atoms with Gasteiger partial charge in [-0.3, -0.25) is 9.59 Å². The molecular formula is C16H13N5O3. The predicted octanol–water partition coefficient (Wildman–Crippen LogP) is 2.03. The number of anilines is 1. The van der Waals surface area contributed by atoms with Crippen molar-refractivity contribution in [2.24, 2.45) is 0 Å². The molecule has 0 aliphatic carbocycles. The lowest BCUT2D eigenvalue weighted by molar-refractivity contribution is 0.101. The molecule has 0 bridgehead atoms. The molecule has 1 aromatic heterocycles. The Morgan fingerprint density at radius 3 is 2.54 bits per heavy atom. The molecule has 3 rings (SSSR count). The molecule has 8 nitrogen and oxygen atoms in total. The third-order valence-electron chi connectivity index (χ3n) is 3.44.